The summed E-state index contributed by atoms with van der Waals surface area (Å²) in [6, 6.07) is 0.234. The van der Waals surface area contributed by atoms with E-state index < -0.39 is 0 Å². The maximum atomic E-state index is 5.84. The van der Waals surface area contributed by atoms with Crippen molar-refractivity contribution in [2.45, 2.75) is 65.1 Å². The summed E-state index contributed by atoms with van der Waals surface area (Å²) in [6.45, 7) is 9.65. The molecule has 0 aliphatic carbocycles. The quantitative estimate of drug-likeness (QED) is 0.755. The Morgan fingerprint density at radius 2 is 2.00 bits per heavy atom. The van der Waals surface area contributed by atoms with Gasteiger partial charge < -0.3 is 10.1 Å². The first-order valence-corrected chi connectivity index (χ1v) is 7.62. The molecule has 0 aliphatic heterocycles. The number of likely N-dealkylation sites (N-methyl/N-ethyl adjacent to an activating group) is 1. The summed E-state index contributed by atoms with van der Waals surface area (Å²) in [6.07, 6.45) is 4.43. The number of aromatic nitrogens is 3. The first-order chi connectivity index (χ1) is 9.52. The molecule has 1 rings (SSSR count). The van der Waals surface area contributed by atoms with E-state index in [1.165, 1.54) is 0 Å². The largest absolute Gasteiger partial charge is 0.377 e. The maximum Gasteiger partial charge on any atom is 0.138 e. The fourth-order valence-corrected chi connectivity index (χ4v) is 2.85. The summed E-state index contributed by atoms with van der Waals surface area (Å²) < 4.78 is 7.85. The fraction of sp³-hybridized carbons (Fsp3) is 0.867. The highest BCUT2D eigenvalue weighted by Gasteiger charge is 2.35. The molecule has 0 aliphatic rings. The molecule has 1 atom stereocenters. The van der Waals surface area contributed by atoms with E-state index in [1.807, 2.05) is 11.7 Å². The second-order valence-corrected chi connectivity index (χ2v) is 5.77. The highest BCUT2D eigenvalue weighted by molar-refractivity contribution is 4.99. The molecule has 0 saturated heterocycles. The smallest absolute Gasteiger partial charge is 0.138 e. The monoisotopic (exact) mass is 282 g/mol. The van der Waals surface area contributed by atoms with Gasteiger partial charge in [-0.25, -0.2) is 9.67 Å². The van der Waals surface area contributed by atoms with Gasteiger partial charge in [-0.1, -0.05) is 27.7 Å². The summed E-state index contributed by atoms with van der Waals surface area (Å²) >= 11 is 0. The van der Waals surface area contributed by atoms with Crippen LogP contribution in [0.1, 0.15) is 46.4 Å². The van der Waals surface area contributed by atoms with Crippen molar-refractivity contribution in [2.24, 2.45) is 5.92 Å². The van der Waals surface area contributed by atoms with Crippen molar-refractivity contribution >= 4 is 0 Å². The third kappa shape index (κ3) is 3.79. The average Bonchev–Trinajstić information content (AvgIpc) is 2.86. The lowest BCUT2D eigenvalue weighted by Crippen LogP contribution is -2.52. The van der Waals surface area contributed by atoms with Crippen LogP contribution in [0.15, 0.2) is 6.33 Å². The predicted molar refractivity (Wildman–Crippen MR) is 81.7 cm³/mol. The van der Waals surface area contributed by atoms with E-state index in [1.54, 1.807) is 13.4 Å². The van der Waals surface area contributed by atoms with Gasteiger partial charge in [0.05, 0.1) is 5.60 Å². The average molecular weight is 282 g/mol. The molecule has 0 spiro atoms. The van der Waals surface area contributed by atoms with Crippen LogP contribution in [0.25, 0.3) is 0 Å². The Kier molecular flexibility index (Phi) is 6.62. The van der Waals surface area contributed by atoms with Gasteiger partial charge >= 0.3 is 0 Å². The van der Waals surface area contributed by atoms with E-state index >= 15 is 0 Å². The molecule has 0 saturated carbocycles. The van der Waals surface area contributed by atoms with Crippen LogP contribution in [0, 0.1) is 5.92 Å². The third-order valence-electron chi connectivity index (χ3n) is 4.21. The van der Waals surface area contributed by atoms with E-state index in [9.17, 15) is 0 Å². The molecule has 1 unspecified atom stereocenters. The molecule has 1 aromatic heterocycles. The van der Waals surface area contributed by atoms with Gasteiger partial charge in [0.1, 0.15) is 12.2 Å². The number of rotatable bonds is 9. The zero-order valence-electron chi connectivity index (χ0n) is 13.8. The van der Waals surface area contributed by atoms with Crippen LogP contribution in [0.4, 0.5) is 0 Å². The number of nitrogens with one attached hydrogen (secondary N) is 1. The molecule has 20 heavy (non-hydrogen) atoms. The Morgan fingerprint density at radius 1 is 1.35 bits per heavy atom. The van der Waals surface area contributed by atoms with Crippen LogP contribution in [-0.2, 0) is 17.7 Å². The number of hydrogen-bond acceptors (Lipinski definition) is 4. The lowest BCUT2D eigenvalue weighted by molar-refractivity contribution is -0.0461. The van der Waals surface area contributed by atoms with Crippen molar-refractivity contribution in [2.75, 3.05) is 14.2 Å². The Balaban J connectivity index is 2.90. The fourth-order valence-electron chi connectivity index (χ4n) is 2.85. The van der Waals surface area contributed by atoms with Crippen LogP contribution in [-0.4, -0.2) is 40.6 Å². The van der Waals surface area contributed by atoms with E-state index in [2.05, 4.69) is 43.1 Å². The SMILES string of the molecule is CCC(CC)(OC)C(Cc1ncnn1CC(C)C)NC. The van der Waals surface area contributed by atoms with Gasteiger partial charge in [-0.05, 0) is 25.8 Å². The van der Waals surface area contributed by atoms with Crippen molar-refractivity contribution in [3.05, 3.63) is 12.2 Å². The minimum Gasteiger partial charge on any atom is -0.377 e. The Bertz CT molecular complexity index is 377. The second-order valence-electron chi connectivity index (χ2n) is 5.77. The molecule has 5 heteroatoms. The first kappa shape index (κ1) is 17.1. The van der Waals surface area contributed by atoms with Crippen LogP contribution in [0.2, 0.25) is 0 Å². The number of methoxy groups -OCH3 is 1. The summed E-state index contributed by atoms with van der Waals surface area (Å²) in [5, 5.41) is 7.75. The first-order valence-electron chi connectivity index (χ1n) is 7.62. The minimum absolute atomic E-state index is 0.149. The Morgan fingerprint density at radius 3 is 2.45 bits per heavy atom. The van der Waals surface area contributed by atoms with E-state index in [4.69, 9.17) is 4.74 Å². The highest BCUT2D eigenvalue weighted by atomic mass is 16.5. The minimum atomic E-state index is -0.149. The molecule has 0 fully saturated rings. The Labute approximate surface area is 123 Å². The molecule has 5 nitrogen and oxygen atoms in total. The third-order valence-corrected chi connectivity index (χ3v) is 4.21. The normalized spacial score (nSPS) is 13.9. The highest BCUT2D eigenvalue weighted by Crippen LogP contribution is 2.26. The molecule has 0 bridgehead atoms. The molecular formula is C15H30N4O. The van der Waals surface area contributed by atoms with Gasteiger partial charge in [0, 0.05) is 26.1 Å². The molecule has 1 N–H and O–H groups in total. The van der Waals surface area contributed by atoms with Gasteiger partial charge in [0.25, 0.3) is 0 Å². The van der Waals surface area contributed by atoms with E-state index in [0.29, 0.717) is 5.92 Å². The lowest BCUT2D eigenvalue weighted by atomic mass is 9.86. The van der Waals surface area contributed by atoms with Crippen molar-refractivity contribution in [1.29, 1.82) is 0 Å². The van der Waals surface area contributed by atoms with E-state index in [-0.39, 0.29) is 11.6 Å². The van der Waals surface area contributed by atoms with E-state index in [0.717, 1.165) is 31.6 Å². The van der Waals surface area contributed by atoms with Crippen molar-refractivity contribution in [3.8, 4) is 0 Å². The standard InChI is InChI=1S/C15H30N4O/c1-7-15(8-2,20-6)13(16-5)9-14-17-11-18-19(14)10-12(3)4/h11-13,16H,7-10H2,1-6H3. The number of ether oxygens (including phenoxy) is 1. The van der Waals surface area contributed by atoms with Crippen LogP contribution in [0.5, 0.6) is 0 Å². The molecule has 1 aromatic rings. The summed E-state index contributed by atoms with van der Waals surface area (Å²) in [7, 11) is 3.79. The number of nitrogens with zero attached hydrogens (tertiary/aromatic N) is 3. The van der Waals surface area contributed by atoms with Crippen LogP contribution >= 0.6 is 0 Å². The Hall–Kier alpha value is -0.940. The summed E-state index contributed by atoms with van der Waals surface area (Å²) in [5.74, 6) is 1.59. The molecule has 0 aromatic carbocycles. The van der Waals surface area contributed by atoms with Gasteiger partial charge in [0.15, 0.2) is 0 Å². The van der Waals surface area contributed by atoms with Crippen molar-refractivity contribution < 1.29 is 4.74 Å². The van der Waals surface area contributed by atoms with Gasteiger partial charge in [-0.3, -0.25) is 0 Å². The van der Waals surface area contributed by atoms with Crippen LogP contribution in [0.3, 0.4) is 0 Å². The van der Waals surface area contributed by atoms with Gasteiger partial charge in [-0.2, -0.15) is 5.10 Å². The molecule has 0 amide bonds. The molecular weight excluding hydrogens is 252 g/mol. The predicted octanol–water partition coefficient (Wildman–Crippen LogP) is 2.27. The van der Waals surface area contributed by atoms with Gasteiger partial charge in [0.2, 0.25) is 0 Å². The lowest BCUT2D eigenvalue weighted by Gasteiger charge is -2.38. The topological polar surface area (TPSA) is 52.0 Å². The maximum absolute atomic E-state index is 5.84. The molecule has 116 valence electrons. The zero-order valence-corrected chi connectivity index (χ0v) is 13.8. The molecule has 1 heterocycles. The van der Waals surface area contributed by atoms with Gasteiger partial charge in [-0.15, -0.1) is 0 Å². The molecule has 0 radical (unpaired) electrons. The summed E-state index contributed by atoms with van der Waals surface area (Å²) in [4.78, 5) is 4.43. The zero-order chi connectivity index (χ0) is 15.2. The summed E-state index contributed by atoms with van der Waals surface area (Å²) in [5.41, 5.74) is -0.149. The van der Waals surface area contributed by atoms with Crippen LogP contribution < -0.4 is 5.32 Å². The van der Waals surface area contributed by atoms with Crippen molar-refractivity contribution in [3.63, 3.8) is 0 Å². The van der Waals surface area contributed by atoms with Crippen molar-refractivity contribution in [1.82, 2.24) is 20.1 Å². The number of hydrogen-bond donors (Lipinski definition) is 1. The second kappa shape index (κ2) is 7.74.